The molecule has 0 unspecified atom stereocenters. The van der Waals surface area contributed by atoms with Crippen molar-refractivity contribution < 1.29 is 9.59 Å². The Morgan fingerprint density at radius 1 is 1.07 bits per heavy atom. The molecule has 3 rings (SSSR count). The molecule has 0 bridgehead atoms. The Hall–Kier alpha value is -2.90. The summed E-state index contributed by atoms with van der Waals surface area (Å²) in [5.74, 6) is -0.608. The highest BCUT2D eigenvalue weighted by Crippen LogP contribution is 2.23. The fraction of sp³-hybridized carbons (Fsp3) is 0.200. The van der Waals surface area contributed by atoms with E-state index >= 15 is 0 Å². The molecule has 0 atom stereocenters. The molecule has 0 fully saturated rings. The van der Waals surface area contributed by atoms with Crippen molar-refractivity contribution in [2.24, 2.45) is 0 Å². The smallest absolute Gasteiger partial charge is 0.278 e. The van der Waals surface area contributed by atoms with E-state index < -0.39 is 5.91 Å². The first-order valence-electron chi connectivity index (χ1n) is 8.92. The van der Waals surface area contributed by atoms with Crippen molar-refractivity contribution in [1.29, 1.82) is 0 Å². The van der Waals surface area contributed by atoms with E-state index in [2.05, 4.69) is 20.9 Å². The summed E-state index contributed by atoms with van der Waals surface area (Å²) >= 11 is 12.0. The maximum atomic E-state index is 12.6. The van der Waals surface area contributed by atoms with Gasteiger partial charge in [0.05, 0.1) is 22.3 Å². The standard InChI is InChI=1S/C20H19Cl2N5O2/c1-3-23-19(28)14-5-4-6-15(10-14)24-20(29)18-12(2)27(26-25-18)11-13-7-8-16(21)17(22)9-13/h4-10H,3,11H2,1-2H3,(H,23,28)(H,24,29). The van der Waals surface area contributed by atoms with Crippen LogP contribution in [0.3, 0.4) is 0 Å². The van der Waals surface area contributed by atoms with E-state index in [9.17, 15) is 9.59 Å². The highest BCUT2D eigenvalue weighted by Gasteiger charge is 2.17. The molecule has 0 radical (unpaired) electrons. The van der Waals surface area contributed by atoms with Crippen molar-refractivity contribution in [3.05, 3.63) is 75.0 Å². The molecule has 0 aliphatic carbocycles. The van der Waals surface area contributed by atoms with Gasteiger partial charge in [-0.1, -0.05) is 40.5 Å². The largest absolute Gasteiger partial charge is 0.352 e. The lowest BCUT2D eigenvalue weighted by Gasteiger charge is -2.08. The summed E-state index contributed by atoms with van der Waals surface area (Å²) < 4.78 is 1.61. The molecule has 0 aliphatic heterocycles. The number of hydrogen-bond donors (Lipinski definition) is 2. The summed E-state index contributed by atoms with van der Waals surface area (Å²) in [6.45, 7) is 4.53. The van der Waals surface area contributed by atoms with Gasteiger partial charge in [0.15, 0.2) is 5.69 Å². The van der Waals surface area contributed by atoms with Crippen LogP contribution in [0.1, 0.15) is 39.0 Å². The van der Waals surface area contributed by atoms with Gasteiger partial charge in [-0.05, 0) is 49.7 Å². The number of benzene rings is 2. The first kappa shape index (κ1) is 20.8. The monoisotopic (exact) mass is 431 g/mol. The van der Waals surface area contributed by atoms with Gasteiger partial charge in [-0.2, -0.15) is 0 Å². The van der Waals surface area contributed by atoms with Crippen molar-refractivity contribution in [1.82, 2.24) is 20.3 Å². The lowest BCUT2D eigenvalue weighted by Crippen LogP contribution is -2.23. The number of nitrogens with one attached hydrogen (secondary N) is 2. The Morgan fingerprint density at radius 2 is 1.86 bits per heavy atom. The van der Waals surface area contributed by atoms with Crippen LogP contribution >= 0.6 is 23.2 Å². The van der Waals surface area contributed by atoms with Crippen molar-refractivity contribution in [3.8, 4) is 0 Å². The fourth-order valence-corrected chi connectivity index (χ4v) is 3.04. The number of carbonyl (C=O) groups excluding carboxylic acids is 2. The normalized spacial score (nSPS) is 10.6. The van der Waals surface area contributed by atoms with E-state index in [1.165, 1.54) is 0 Å². The molecule has 29 heavy (non-hydrogen) atoms. The van der Waals surface area contributed by atoms with E-state index in [0.717, 1.165) is 5.56 Å². The Balaban J connectivity index is 1.74. The second-order valence-corrected chi connectivity index (χ2v) is 7.14. The van der Waals surface area contributed by atoms with Gasteiger partial charge < -0.3 is 10.6 Å². The van der Waals surface area contributed by atoms with E-state index in [1.54, 1.807) is 48.0 Å². The molecule has 150 valence electrons. The molecule has 2 N–H and O–H groups in total. The summed E-state index contributed by atoms with van der Waals surface area (Å²) in [5.41, 5.74) is 2.65. The molecule has 0 saturated heterocycles. The molecule has 2 aromatic carbocycles. The van der Waals surface area contributed by atoms with Gasteiger partial charge in [-0.25, -0.2) is 4.68 Å². The SMILES string of the molecule is CCNC(=O)c1cccc(NC(=O)c2nnn(Cc3ccc(Cl)c(Cl)c3)c2C)c1. The van der Waals surface area contributed by atoms with Gasteiger partial charge in [0.1, 0.15) is 0 Å². The molecule has 9 heteroatoms. The molecule has 1 aromatic heterocycles. The molecule has 0 spiro atoms. The number of halogens is 2. The van der Waals surface area contributed by atoms with Gasteiger partial charge >= 0.3 is 0 Å². The Labute approximate surface area is 178 Å². The van der Waals surface area contributed by atoms with E-state index in [0.29, 0.717) is 40.1 Å². The Bertz CT molecular complexity index is 1060. The lowest BCUT2D eigenvalue weighted by molar-refractivity contribution is 0.0954. The van der Waals surface area contributed by atoms with Crippen LogP contribution in [0, 0.1) is 6.92 Å². The third-order valence-corrected chi connectivity index (χ3v) is 4.97. The number of aromatic nitrogens is 3. The first-order valence-corrected chi connectivity index (χ1v) is 9.68. The molecule has 0 saturated carbocycles. The number of hydrogen-bond acceptors (Lipinski definition) is 4. The summed E-state index contributed by atoms with van der Waals surface area (Å²) in [5, 5.41) is 14.5. The summed E-state index contributed by atoms with van der Waals surface area (Å²) in [7, 11) is 0. The van der Waals surface area contributed by atoms with E-state index in [-0.39, 0.29) is 11.6 Å². The second-order valence-electron chi connectivity index (χ2n) is 6.32. The minimum Gasteiger partial charge on any atom is -0.352 e. The Kier molecular flexibility index (Phi) is 6.51. The molecule has 2 amide bonds. The maximum Gasteiger partial charge on any atom is 0.278 e. The quantitative estimate of drug-likeness (QED) is 0.618. The van der Waals surface area contributed by atoms with Crippen LogP contribution in [0.5, 0.6) is 0 Å². The number of carbonyl (C=O) groups is 2. The second kappa shape index (κ2) is 9.07. The highest BCUT2D eigenvalue weighted by atomic mass is 35.5. The highest BCUT2D eigenvalue weighted by molar-refractivity contribution is 6.42. The Morgan fingerprint density at radius 3 is 2.59 bits per heavy atom. The van der Waals surface area contributed by atoms with E-state index in [4.69, 9.17) is 23.2 Å². The predicted molar refractivity (Wildman–Crippen MR) is 113 cm³/mol. The first-order chi connectivity index (χ1) is 13.9. The average Bonchev–Trinajstić information content (AvgIpc) is 3.05. The number of nitrogens with zero attached hydrogens (tertiary/aromatic N) is 3. The topological polar surface area (TPSA) is 88.9 Å². The van der Waals surface area contributed by atoms with Crippen molar-refractivity contribution in [2.45, 2.75) is 20.4 Å². The van der Waals surface area contributed by atoms with Gasteiger partial charge in [0.2, 0.25) is 0 Å². The lowest BCUT2D eigenvalue weighted by atomic mass is 10.2. The number of anilines is 1. The molecule has 0 aliphatic rings. The molecular formula is C20H19Cl2N5O2. The van der Waals surface area contributed by atoms with Gasteiger partial charge in [-0.3, -0.25) is 9.59 Å². The van der Waals surface area contributed by atoms with Gasteiger partial charge in [-0.15, -0.1) is 5.10 Å². The van der Waals surface area contributed by atoms with Gasteiger partial charge in [0.25, 0.3) is 11.8 Å². The number of amides is 2. The van der Waals surface area contributed by atoms with Gasteiger partial charge in [0, 0.05) is 17.8 Å². The van der Waals surface area contributed by atoms with Crippen LogP contribution in [0.15, 0.2) is 42.5 Å². The minimum absolute atomic E-state index is 0.202. The molecule has 7 nitrogen and oxygen atoms in total. The van der Waals surface area contributed by atoms with Crippen molar-refractivity contribution >= 4 is 40.7 Å². The fourth-order valence-electron chi connectivity index (χ4n) is 2.72. The molecule has 3 aromatic rings. The minimum atomic E-state index is -0.407. The summed E-state index contributed by atoms with van der Waals surface area (Å²) in [6.07, 6.45) is 0. The van der Waals surface area contributed by atoms with Crippen LogP contribution in [0.4, 0.5) is 5.69 Å². The zero-order valence-corrected chi connectivity index (χ0v) is 17.4. The summed E-state index contributed by atoms with van der Waals surface area (Å²) in [6, 6.07) is 12.0. The third kappa shape index (κ3) is 4.93. The van der Waals surface area contributed by atoms with Crippen LogP contribution < -0.4 is 10.6 Å². The van der Waals surface area contributed by atoms with Crippen LogP contribution in [-0.2, 0) is 6.54 Å². The van der Waals surface area contributed by atoms with Crippen molar-refractivity contribution in [3.63, 3.8) is 0 Å². The molecular weight excluding hydrogens is 413 g/mol. The predicted octanol–water partition coefficient (Wildman–Crippen LogP) is 3.94. The molecule has 1 heterocycles. The average molecular weight is 432 g/mol. The van der Waals surface area contributed by atoms with Crippen LogP contribution in [-0.4, -0.2) is 33.4 Å². The zero-order valence-electron chi connectivity index (χ0n) is 15.9. The summed E-state index contributed by atoms with van der Waals surface area (Å²) in [4.78, 5) is 24.6. The number of rotatable bonds is 6. The van der Waals surface area contributed by atoms with Crippen LogP contribution in [0.2, 0.25) is 10.0 Å². The maximum absolute atomic E-state index is 12.6. The third-order valence-electron chi connectivity index (χ3n) is 4.23. The van der Waals surface area contributed by atoms with Crippen LogP contribution in [0.25, 0.3) is 0 Å². The zero-order chi connectivity index (χ0) is 21.0. The van der Waals surface area contributed by atoms with Crippen molar-refractivity contribution in [2.75, 3.05) is 11.9 Å². The van der Waals surface area contributed by atoms with E-state index in [1.807, 2.05) is 13.0 Å².